The van der Waals surface area contributed by atoms with Crippen LogP contribution in [0.5, 0.6) is 0 Å². The van der Waals surface area contributed by atoms with Gasteiger partial charge in [-0.2, -0.15) is 0 Å². The third-order valence-electron chi connectivity index (χ3n) is 4.27. The monoisotopic (exact) mass is 475 g/mol. The van der Waals surface area contributed by atoms with Gasteiger partial charge in [-0.1, -0.05) is 0 Å². The standard InChI is InChI=1S/C21H20P.2ClH.Ru/c1-2-18-22(19-12-6-3-7-13-19,20-14-8-4-9-15-20)21-16-10-5-11-17-21;;;/h1,3-17H,2,18H2;2*1H;/q+1;;;+2/p-2. The van der Waals surface area contributed by atoms with Crippen LogP contribution in [0.2, 0.25) is 0 Å². The average Bonchev–Trinajstić information content (AvgIpc) is 2.67. The topological polar surface area (TPSA) is 0 Å². The molecule has 0 saturated heterocycles. The van der Waals surface area contributed by atoms with Gasteiger partial charge in [-0.25, -0.2) is 0 Å². The van der Waals surface area contributed by atoms with Crippen LogP contribution in [-0.4, -0.2) is 10.8 Å². The molecule has 0 aliphatic rings. The molecule has 0 aromatic heterocycles. The van der Waals surface area contributed by atoms with Crippen LogP contribution >= 0.6 is 26.6 Å². The van der Waals surface area contributed by atoms with Crippen LogP contribution in [0.4, 0.5) is 0 Å². The molecule has 3 aromatic rings. The molecule has 0 atom stereocenters. The van der Waals surface area contributed by atoms with E-state index in [-0.39, 0.29) is 0 Å². The van der Waals surface area contributed by atoms with Gasteiger partial charge in [0, 0.05) is 0 Å². The van der Waals surface area contributed by atoms with E-state index in [0.29, 0.717) is 0 Å². The molecule has 0 amide bonds. The van der Waals surface area contributed by atoms with Crippen LogP contribution in [0.15, 0.2) is 91.0 Å². The van der Waals surface area contributed by atoms with Gasteiger partial charge in [-0.05, 0) is 0 Å². The van der Waals surface area contributed by atoms with Gasteiger partial charge >= 0.3 is 164 Å². The summed E-state index contributed by atoms with van der Waals surface area (Å²) in [5, 5.41) is 4.22. The average molecular weight is 475 g/mol. The second-order valence-corrected chi connectivity index (χ2v) is 15.2. The first-order valence-electron chi connectivity index (χ1n) is 8.10. The molecule has 0 nitrogen and oxygen atoms in total. The molecule has 4 heteroatoms. The van der Waals surface area contributed by atoms with Crippen LogP contribution in [0.25, 0.3) is 0 Å². The summed E-state index contributed by atoms with van der Waals surface area (Å²) in [5.41, 5.74) is 0. The Kier molecular flexibility index (Phi) is 6.97. The molecule has 3 aromatic carbocycles. The molecule has 0 fully saturated rings. The molecule has 0 unspecified atom stereocenters. The molecule has 3 rings (SSSR count). The van der Waals surface area contributed by atoms with Crippen molar-refractivity contribution in [3.63, 3.8) is 0 Å². The summed E-state index contributed by atoms with van der Waals surface area (Å²) in [6.07, 6.45) is 1.99. The molecule has 0 N–H and O–H groups in total. The Labute approximate surface area is 163 Å². The van der Waals surface area contributed by atoms with Crippen molar-refractivity contribution < 1.29 is 13.5 Å². The number of hydrogen-bond donors (Lipinski definition) is 0. The first-order valence-corrected chi connectivity index (χ1v) is 15.6. The Morgan fingerprint density at radius 1 is 0.640 bits per heavy atom. The third kappa shape index (κ3) is 4.47. The zero-order chi connectivity index (χ0) is 17.5. The Hall–Kier alpha value is -0.837. The molecule has 0 aliphatic heterocycles. The van der Waals surface area contributed by atoms with Crippen molar-refractivity contribution >= 4 is 47.2 Å². The Morgan fingerprint density at radius 3 is 1.32 bits per heavy atom. The van der Waals surface area contributed by atoms with Gasteiger partial charge in [0.25, 0.3) is 0 Å². The van der Waals surface area contributed by atoms with E-state index in [2.05, 4.69) is 95.6 Å². The Balaban J connectivity index is 2.22. The van der Waals surface area contributed by atoms with Crippen molar-refractivity contribution in [3.8, 4) is 0 Å². The fourth-order valence-corrected chi connectivity index (χ4v) is 9.35. The van der Waals surface area contributed by atoms with E-state index < -0.39 is 20.8 Å². The van der Waals surface area contributed by atoms with E-state index >= 15 is 0 Å². The van der Waals surface area contributed by atoms with Gasteiger partial charge in [-0.3, -0.25) is 0 Å². The molecular formula is C21H20Cl2PRu+. The van der Waals surface area contributed by atoms with Gasteiger partial charge in [0.2, 0.25) is 0 Å². The summed E-state index contributed by atoms with van der Waals surface area (Å²) in [4.78, 5) is 0. The predicted molar refractivity (Wildman–Crippen MR) is 112 cm³/mol. The number of rotatable bonds is 6. The maximum atomic E-state index is 6.11. The van der Waals surface area contributed by atoms with Crippen molar-refractivity contribution in [1.82, 2.24) is 0 Å². The Bertz CT molecular complexity index is 720. The zero-order valence-electron chi connectivity index (χ0n) is 13.7. The summed E-state index contributed by atoms with van der Waals surface area (Å²) < 4.78 is 2.14. The number of benzene rings is 3. The molecular weight excluding hydrogens is 455 g/mol. The van der Waals surface area contributed by atoms with Crippen molar-refractivity contribution in [2.24, 2.45) is 0 Å². The first kappa shape index (κ1) is 18.9. The molecule has 25 heavy (non-hydrogen) atoms. The first-order chi connectivity index (χ1) is 12.2. The summed E-state index contributed by atoms with van der Waals surface area (Å²) in [6.45, 7) is 0. The minimum absolute atomic E-state index is 0.943. The van der Waals surface area contributed by atoms with Gasteiger partial charge in [0.1, 0.15) is 0 Å². The zero-order valence-corrected chi connectivity index (χ0v) is 17.9. The van der Waals surface area contributed by atoms with Gasteiger partial charge in [0.05, 0.1) is 0 Å². The SMILES string of the molecule is [Cl][Ru]([Cl])=[CH]CC[P+](c1ccccc1)(c1ccccc1)c1ccccc1. The van der Waals surface area contributed by atoms with Crippen LogP contribution in [0.1, 0.15) is 6.42 Å². The van der Waals surface area contributed by atoms with Gasteiger partial charge in [0.15, 0.2) is 0 Å². The quantitative estimate of drug-likeness (QED) is 0.344. The maximum absolute atomic E-state index is 6.11. The van der Waals surface area contributed by atoms with Crippen molar-refractivity contribution in [2.45, 2.75) is 6.42 Å². The number of halogens is 2. The fraction of sp³-hybridized carbons (Fsp3) is 0.0952. The van der Waals surface area contributed by atoms with Crippen LogP contribution in [-0.2, 0) is 13.5 Å². The predicted octanol–water partition coefficient (Wildman–Crippen LogP) is 5.10. The van der Waals surface area contributed by atoms with Crippen LogP contribution in [0.3, 0.4) is 0 Å². The summed E-state index contributed by atoms with van der Waals surface area (Å²) in [6, 6.07) is 32.7. The molecule has 0 heterocycles. The molecule has 0 saturated carbocycles. The minimum atomic E-state index is -1.75. The molecule has 130 valence electrons. The van der Waals surface area contributed by atoms with Crippen LogP contribution in [0, 0.1) is 0 Å². The molecule has 0 aliphatic carbocycles. The third-order valence-corrected chi connectivity index (χ3v) is 11.1. The van der Waals surface area contributed by atoms with E-state index in [0.717, 1.165) is 12.6 Å². The summed E-state index contributed by atoms with van der Waals surface area (Å²) >= 11 is -1.75. The second kappa shape index (κ2) is 9.20. The van der Waals surface area contributed by atoms with Crippen molar-refractivity contribution in [1.29, 1.82) is 0 Å². The fourth-order valence-electron chi connectivity index (χ4n) is 3.20. The molecule has 0 radical (unpaired) electrons. The van der Waals surface area contributed by atoms with Crippen molar-refractivity contribution in [2.75, 3.05) is 6.16 Å². The van der Waals surface area contributed by atoms with Crippen LogP contribution < -0.4 is 15.9 Å². The van der Waals surface area contributed by atoms with Gasteiger partial charge < -0.3 is 0 Å². The van der Waals surface area contributed by atoms with E-state index in [1.807, 2.05) is 0 Å². The number of hydrogen-bond acceptors (Lipinski definition) is 0. The summed E-state index contributed by atoms with van der Waals surface area (Å²) in [7, 11) is 10.5. The summed E-state index contributed by atoms with van der Waals surface area (Å²) in [5.74, 6) is 0. The molecule has 0 spiro atoms. The van der Waals surface area contributed by atoms with E-state index in [1.54, 1.807) is 0 Å². The van der Waals surface area contributed by atoms with Crippen molar-refractivity contribution in [3.05, 3.63) is 91.0 Å². The van der Waals surface area contributed by atoms with E-state index in [1.165, 1.54) is 15.9 Å². The normalized spacial score (nSPS) is 11.8. The van der Waals surface area contributed by atoms with E-state index in [4.69, 9.17) is 19.4 Å². The van der Waals surface area contributed by atoms with E-state index in [9.17, 15) is 0 Å². The molecule has 0 bridgehead atoms. The Morgan fingerprint density at radius 2 is 1.00 bits per heavy atom. The second-order valence-electron chi connectivity index (χ2n) is 5.68. The van der Waals surface area contributed by atoms with Gasteiger partial charge in [-0.15, -0.1) is 0 Å².